The number of carboxylic acids is 1. The molecule has 0 aliphatic carbocycles. The molecule has 0 rings (SSSR count). The van der Waals surface area contributed by atoms with Gasteiger partial charge in [-0.15, -0.1) is 0 Å². The van der Waals surface area contributed by atoms with Crippen molar-refractivity contribution in [3.05, 3.63) is 0 Å². The molecule has 0 saturated carbocycles. The van der Waals surface area contributed by atoms with Crippen molar-refractivity contribution >= 4 is 41.4 Å². The Morgan fingerprint density at radius 3 is 1.73 bits per heavy atom. The van der Waals surface area contributed by atoms with Gasteiger partial charge in [0.2, 0.25) is 35.4 Å². The van der Waals surface area contributed by atoms with Gasteiger partial charge in [0.05, 0.1) is 18.9 Å². The molecule has 3 unspecified atom stereocenters. The van der Waals surface area contributed by atoms with Gasteiger partial charge in [-0.25, -0.2) is 0 Å². The Balaban J connectivity index is 5.33. The molecule has 0 spiro atoms. The average molecular weight is 431 g/mol. The predicted molar refractivity (Wildman–Crippen MR) is 98.5 cm³/mol. The van der Waals surface area contributed by atoms with Crippen LogP contribution in [0.2, 0.25) is 0 Å². The van der Waals surface area contributed by atoms with Gasteiger partial charge in [-0.1, -0.05) is 0 Å². The molecule has 3 atom stereocenters. The number of hydrogen-bond donors (Lipinski definition) is 8. The van der Waals surface area contributed by atoms with E-state index in [1.165, 1.54) is 0 Å². The van der Waals surface area contributed by atoms with Gasteiger partial charge in [-0.3, -0.25) is 33.6 Å². The van der Waals surface area contributed by atoms with Gasteiger partial charge in [0.15, 0.2) is 0 Å². The van der Waals surface area contributed by atoms with Crippen molar-refractivity contribution in [2.75, 3.05) is 6.54 Å². The maximum absolute atomic E-state index is 12.5. The standard InChI is InChI=1S/C15H25N7O8/c16-6(3-10(18)24)13(28)22-8(4-11(19)25)15(30)21-7(1-2-9(17)23)14(29)20-5-12(26)27/h6-8H,1-5,16H2,(H2,17,23)(H2,18,24)(H2,19,25)(H,20,29)(H,21,30)(H,22,28)(H,26,27). The fourth-order valence-electron chi connectivity index (χ4n) is 2.11. The number of nitrogens with two attached hydrogens (primary N) is 4. The zero-order valence-corrected chi connectivity index (χ0v) is 15.9. The van der Waals surface area contributed by atoms with Crippen LogP contribution in [-0.4, -0.2) is 71.2 Å². The minimum absolute atomic E-state index is 0.287. The highest BCUT2D eigenvalue weighted by Crippen LogP contribution is 2.01. The molecule has 0 radical (unpaired) electrons. The van der Waals surface area contributed by atoms with Gasteiger partial charge in [0.25, 0.3) is 0 Å². The van der Waals surface area contributed by atoms with E-state index in [9.17, 15) is 33.6 Å². The summed E-state index contributed by atoms with van der Waals surface area (Å²) in [7, 11) is 0. The molecule has 0 aliphatic heterocycles. The van der Waals surface area contributed by atoms with Crippen molar-refractivity contribution in [3.8, 4) is 0 Å². The number of carbonyl (C=O) groups is 7. The van der Waals surface area contributed by atoms with Crippen molar-refractivity contribution < 1.29 is 38.7 Å². The second-order valence-corrected chi connectivity index (χ2v) is 6.19. The molecule has 15 nitrogen and oxygen atoms in total. The van der Waals surface area contributed by atoms with Crippen molar-refractivity contribution in [1.82, 2.24) is 16.0 Å². The molecule has 6 amide bonds. The van der Waals surface area contributed by atoms with Crippen LogP contribution >= 0.6 is 0 Å². The Hall–Kier alpha value is -3.75. The van der Waals surface area contributed by atoms with Gasteiger partial charge in [0, 0.05) is 6.42 Å². The summed E-state index contributed by atoms with van der Waals surface area (Å²) in [5, 5.41) is 14.9. The van der Waals surface area contributed by atoms with Crippen molar-refractivity contribution in [2.45, 2.75) is 43.8 Å². The van der Waals surface area contributed by atoms with E-state index < -0.39 is 78.9 Å². The summed E-state index contributed by atoms with van der Waals surface area (Å²) in [6.45, 7) is -0.759. The first-order valence-corrected chi connectivity index (χ1v) is 8.54. The number of nitrogens with one attached hydrogen (secondary N) is 3. The lowest BCUT2D eigenvalue weighted by Crippen LogP contribution is -2.57. The summed E-state index contributed by atoms with van der Waals surface area (Å²) in [5.41, 5.74) is 20.5. The second kappa shape index (κ2) is 12.7. The smallest absolute Gasteiger partial charge is 0.322 e. The molecule has 12 N–H and O–H groups in total. The van der Waals surface area contributed by atoms with Gasteiger partial charge < -0.3 is 44.0 Å². The monoisotopic (exact) mass is 431 g/mol. The predicted octanol–water partition coefficient (Wildman–Crippen LogP) is -5.50. The van der Waals surface area contributed by atoms with Crippen LogP contribution in [0.3, 0.4) is 0 Å². The van der Waals surface area contributed by atoms with E-state index in [0.717, 1.165) is 0 Å². The zero-order chi connectivity index (χ0) is 23.4. The number of amides is 6. The normalized spacial score (nSPS) is 13.2. The van der Waals surface area contributed by atoms with Crippen molar-refractivity contribution in [2.24, 2.45) is 22.9 Å². The van der Waals surface area contributed by atoms with E-state index in [4.69, 9.17) is 28.0 Å². The highest BCUT2D eigenvalue weighted by Gasteiger charge is 2.29. The van der Waals surface area contributed by atoms with Crippen molar-refractivity contribution in [3.63, 3.8) is 0 Å². The lowest BCUT2D eigenvalue weighted by atomic mass is 10.1. The zero-order valence-electron chi connectivity index (χ0n) is 15.9. The molecule has 0 aromatic rings. The van der Waals surface area contributed by atoms with E-state index in [2.05, 4.69) is 10.6 Å². The van der Waals surface area contributed by atoms with Gasteiger partial charge in [-0.05, 0) is 6.42 Å². The maximum atomic E-state index is 12.5. The molecule has 0 aromatic heterocycles. The third-order valence-electron chi connectivity index (χ3n) is 3.52. The molecular formula is C15H25N7O8. The average Bonchev–Trinajstić information content (AvgIpc) is 2.60. The van der Waals surface area contributed by atoms with Crippen LogP contribution in [0.4, 0.5) is 0 Å². The Labute approximate surface area is 170 Å². The van der Waals surface area contributed by atoms with Crippen molar-refractivity contribution in [1.29, 1.82) is 0 Å². The topological polar surface area (TPSA) is 280 Å². The first-order valence-electron chi connectivity index (χ1n) is 8.54. The highest BCUT2D eigenvalue weighted by atomic mass is 16.4. The summed E-state index contributed by atoms with van der Waals surface area (Å²) in [6.07, 6.45) is -1.83. The summed E-state index contributed by atoms with van der Waals surface area (Å²) in [6, 6.07) is -4.39. The van der Waals surface area contributed by atoms with E-state index in [1.54, 1.807) is 0 Å². The fraction of sp³-hybridized carbons (Fsp3) is 0.533. The number of rotatable bonds is 14. The lowest BCUT2D eigenvalue weighted by Gasteiger charge is -2.23. The number of carboxylic acid groups (broad SMARTS) is 1. The van der Waals surface area contributed by atoms with Crippen LogP contribution in [0.1, 0.15) is 25.7 Å². The Bertz CT molecular complexity index is 711. The summed E-state index contributed by atoms with van der Waals surface area (Å²) in [4.78, 5) is 80.2. The van der Waals surface area contributed by atoms with E-state index in [0.29, 0.717) is 0 Å². The third-order valence-corrected chi connectivity index (χ3v) is 3.52. The lowest BCUT2D eigenvalue weighted by molar-refractivity contribution is -0.139. The van der Waals surface area contributed by atoms with Gasteiger partial charge in [-0.2, -0.15) is 0 Å². The fourth-order valence-corrected chi connectivity index (χ4v) is 2.11. The molecule has 0 fully saturated rings. The minimum atomic E-state index is -1.57. The quantitative estimate of drug-likeness (QED) is 0.130. The molecule has 0 saturated heterocycles. The molecule has 0 aliphatic rings. The summed E-state index contributed by atoms with van der Waals surface area (Å²) >= 11 is 0. The summed E-state index contributed by atoms with van der Waals surface area (Å²) in [5.74, 6) is -6.99. The Morgan fingerprint density at radius 2 is 1.27 bits per heavy atom. The van der Waals surface area contributed by atoms with Crippen LogP contribution in [0.5, 0.6) is 0 Å². The Morgan fingerprint density at radius 1 is 0.733 bits per heavy atom. The van der Waals surface area contributed by atoms with Crippen LogP contribution in [0.25, 0.3) is 0 Å². The molecule has 0 bridgehead atoms. The van der Waals surface area contributed by atoms with Crippen LogP contribution in [0, 0.1) is 0 Å². The molecule has 0 heterocycles. The van der Waals surface area contributed by atoms with Gasteiger partial charge >= 0.3 is 5.97 Å². The van der Waals surface area contributed by atoms with Crippen LogP contribution < -0.4 is 38.9 Å². The number of hydrogen-bond acceptors (Lipinski definition) is 8. The minimum Gasteiger partial charge on any atom is -0.480 e. The first-order chi connectivity index (χ1) is 13.8. The Kier molecular flexibility index (Phi) is 11.1. The molecule has 15 heteroatoms. The number of aliphatic carboxylic acids is 1. The van der Waals surface area contributed by atoms with Gasteiger partial charge in [0.1, 0.15) is 18.6 Å². The molecular weight excluding hydrogens is 406 g/mol. The summed E-state index contributed by atoms with van der Waals surface area (Å²) < 4.78 is 0. The molecule has 168 valence electrons. The SMILES string of the molecule is NC(=O)CCC(NC(=O)C(CC(N)=O)NC(=O)C(N)CC(N)=O)C(=O)NCC(=O)O. The first kappa shape index (κ1) is 26.2. The largest absolute Gasteiger partial charge is 0.480 e. The molecule has 0 aromatic carbocycles. The van der Waals surface area contributed by atoms with E-state index in [1.807, 2.05) is 5.32 Å². The van der Waals surface area contributed by atoms with Crippen LogP contribution in [-0.2, 0) is 33.6 Å². The molecule has 30 heavy (non-hydrogen) atoms. The number of carbonyl (C=O) groups excluding carboxylic acids is 6. The second-order valence-electron chi connectivity index (χ2n) is 6.19. The maximum Gasteiger partial charge on any atom is 0.322 e. The van der Waals surface area contributed by atoms with E-state index >= 15 is 0 Å². The highest BCUT2D eigenvalue weighted by molar-refractivity contribution is 5.96. The number of primary amides is 3. The third kappa shape index (κ3) is 11.2. The van der Waals surface area contributed by atoms with E-state index in [-0.39, 0.29) is 12.8 Å². The van der Waals surface area contributed by atoms with Crippen LogP contribution in [0.15, 0.2) is 0 Å².